The lowest BCUT2D eigenvalue weighted by atomic mass is 10.1. The van der Waals surface area contributed by atoms with Gasteiger partial charge in [-0.25, -0.2) is 9.97 Å². The average Bonchev–Trinajstić information content (AvgIpc) is 3.17. The Labute approximate surface area is 179 Å². The number of nitrogens with zero attached hydrogens (tertiary/aromatic N) is 3. The van der Waals surface area contributed by atoms with E-state index in [1.54, 1.807) is 23.7 Å². The molecule has 1 aliphatic rings. The Kier molecular flexibility index (Phi) is 5.40. The number of hydrogen-bond donors (Lipinski definition) is 2. The Hall–Kier alpha value is -2.87. The highest BCUT2D eigenvalue weighted by molar-refractivity contribution is 7.19. The van der Waals surface area contributed by atoms with Crippen LogP contribution in [0.15, 0.2) is 54.9 Å². The molecule has 0 bridgehead atoms. The highest BCUT2D eigenvalue weighted by atomic mass is 32.1. The van der Waals surface area contributed by atoms with Crippen molar-refractivity contribution in [2.75, 3.05) is 18.5 Å². The first-order valence-electron chi connectivity index (χ1n) is 10.1. The van der Waals surface area contributed by atoms with Crippen LogP contribution in [0, 0.1) is 0 Å². The highest BCUT2D eigenvalue weighted by Crippen LogP contribution is 2.38. The number of nitrogens with two attached hydrogens (primary N) is 1. The van der Waals surface area contributed by atoms with Crippen molar-refractivity contribution in [3.8, 4) is 11.4 Å². The SMILES string of the molecule is NC(CNc1nc(-c2ccncc2)nc2sc3c(c12)CCOC3)Cc1ccccc1. The van der Waals surface area contributed by atoms with Crippen molar-refractivity contribution in [3.05, 3.63) is 70.9 Å². The Morgan fingerprint density at radius 3 is 2.77 bits per heavy atom. The molecule has 0 fully saturated rings. The summed E-state index contributed by atoms with van der Waals surface area (Å²) in [5.41, 5.74) is 9.92. The number of ether oxygens (including phenoxy) is 1. The van der Waals surface area contributed by atoms with Gasteiger partial charge in [-0.15, -0.1) is 11.3 Å². The fourth-order valence-electron chi connectivity index (χ4n) is 3.80. The van der Waals surface area contributed by atoms with E-state index in [2.05, 4.69) is 22.4 Å². The number of anilines is 1. The third-order valence-electron chi connectivity index (χ3n) is 5.27. The van der Waals surface area contributed by atoms with Gasteiger partial charge in [-0.2, -0.15) is 0 Å². The van der Waals surface area contributed by atoms with E-state index in [9.17, 15) is 0 Å². The maximum atomic E-state index is 6.43. The molecule has 0 amide bonds. The van der Waals surface area contributed by atoms with Gasteiger partial charge in [0.2, 0.25) is 0 Å². The normalized spacial score (nSPS) is 14.4. The molecule has 1 aliphatic heterocycles. The van der Waals surface area contributed by atoms with Crippen molar-refractivity contribution in [2.45, 2.75) is 25.5 Å². The molecular weight excluding hydrogens is 394 g/mol. The first-order valence-corrected chi connectivity index (χ1v) is 10.9. The predicted octanol–water partition coefficient (Wildman–Crippen LogP) is 3.81. The minimum absolute atomic E-state index is 0.0143. The van der Waals surface area contributed by atoms with E-state index in [-0.39, 0.29) is 6.04 Å². The van der Waals surface area contributed by atoms with Gasteiger partial charge in [0, 0.05) is 35.4 Å². The fraction of sp³-hybridized carbons (Fsp3) is 0.261. The summed E-state index contributed by atoms with van der Waals surface area (Å²) < 4.78 is 5.66. The molecule has 4 heterocycles. The van der Waals surface area contributed by atoms with E-state index in [1.807, 2.05) is 30.3 Å². The number of hydrogen-bond acceptors (Lipinski definition) is 7. The van der Waals surface area contributed by atoms with E-state index in [1.165, 1.54) is 16.0 Å². The minimum Gasteiger partial charge on any atom is -0.376 e. The van der Waals surface area contributed by atoms with E-state index in [0.29, 0.717) is 19.0 Å². The first-order chi connectivity index (χ1) is 14.8. The first kappa shape index (κ1) is 19.1. The van der Waals surface area contributed by atoms with Gasteiger partial charge in [-0.3, -0.25) is 4.98 Å². The van der Waals surface area contributed by atoms with Crippen LogP contribution in [-0.4, -0.2) is 34.1 Å². The molecule has 0 saturated heterocycles. The van der Waals surface area contributed by atoms with Gasteiger partial charge >= 0.3 is 0 Å². The Bertz CT molecular complexity index is 1150. The molecular formula is C23H23N5OS. The van der Waals surface area contributed by atoms with Gasteiger partial charge in [0.1, 0.15) is 10.6 Å². The topological polar surface area (TPSA) is 86.0 Å². The molecule has 0 aliphatic carbocycles. The molecule has 0 spiro atoms. The average molecular weight is 418 g/mol. The Morgan fingerprint density at radius 1 is 1.10 bits per heavy atom. The molecule has 0 radical (unpaired) electrons. The van der Waals surface area contributed by atoms with E-state index < -0.39 is 0 Å². The van der Waals surface area contributed by atoms with Gasteiger partial charge in [0.25, 0.3) is 0 Å². The number of thiophene rings is 1. The minimum atomic E-state index is -0.0143. The van der Waals surface area contributed by atoms with E-state index >= 15 is 0 Å². The van der Waals surface area contributed by atoms with Crippen LogP contribution in [0.1, 0.15) is 16.0 Å². The zero-order chi connectivity index (χ0) is 20.3. The lowest BCUT2D eigenvalue weighted by molar-refractivity contribution is 0.114. The van der Waals surface area contributed by atoms with E-state index in [4.69, 9.17) is 20.4 Å². The summed E-state index contributed by atoms with van der Waals surface area (Å²) in [5.74, 6) is 1.55. The van der Waals surface area contributed by atoms with Crippen molar-refractivity contribution in [2.24, 2.45) is 5.73 Å². The summed E-state index contributed by atoms with van der Waals surface area (Å²) in [7, 11) is 0. The second-order valence-electron chi connectivity index (χ2n) is 7.45. The number of nitrogens with one attached hydrogen (secondary N) is 1. The Balaban J connectivity index is 1.48. The van der Waals surface area contributed by atoms with Crippen molar-refractivity contribution in [1.82, 2.24) is 15.0 Å². The van der Waals surface area contributed by atoms with Crippen molar-refractivity contribution in [3.63, 3.8) is 0 Å². The smallest absolute Gasteiger partial charge is 0.163 e. The summed E-state index contributed by atoms with van der Waals surface area (Å²) >= 11 is 1.70. The number of aromatic nitrogens is 3. The second kappa shape index (κ2) is 8.47. The quantitative estimate of drug-likeness (QED) is 0.496. The van der Waals surface area contributed by atoms with Crippen LogP contribution >= 0.6 is 11.3 Å². The Morgan fingerprint density at radius 2 is 1.93 bits per heavy atom. The maximum Gasteiger partial charge on any atom is 0.163 e. The molecule has 5 rings (SSSR count). The largest absolute Gasteiger partial charge is 0.376 e. The lowest BCUT2D eigenvalue weighted by Gasteiger charge is -2.16. The van der Waals surface area contributed by atoms with Crippen LogP contribution in [0.2, 0.25) is 0 Å². The molecule has 0 saturated carbocycles. The zero-order valence-corrected chi connectivity index (χ0v) is 17.4. The van der Waals surface area contributed by atoms with Gasteiger partial charge in [0.15, 0.2) is 5.82 Å². The number of pyridine rings is 1. The molecule has 7 heteroatoms. The summed E-state index contributed by atoms with van der Waals surface area (Å²) in [5, 5.41) is 4.64. The van der Waals surface area contributed by atoms with Crippen LogP contribution in [-0.2, 0) is 24.2 Å². The zero-order valence-electron chi connectivity index (χ0n) is 16.5. The molecule has 152 valence electrons. The second-order valence-corrected chi connectivity index (χ2v) is 8.53. The molecule has 3 N–H and O–H groups in total. The predicted molar refractivity (Wildman–Crippen MR) is 121 cm³/mol. The monoisotopic (exact) mass is 417 g/mol. The maximum absolute atomic E-state index is 6.43. The van der Waals surface area contributed by atoms with Gasteiger partial charge in [-0.05, 0) is 36.1 Å². The van der Waals surface area contributed by atoms with Gasteiger partial charge < -0.3 is 15.8 Å². The van der Waals surface area contributed by atoms with Crippen molar-refractivity contribution >= 4 is 27.4 Å². The highest BCUT2D eigenvalue weighted by Gasteiger charge is 2.22. The van der Waals surface area contributed by atoms with Crippen LogP contribution in [0.5, 0.6) is 0 Å². The standard InChI is InChI=1S/C23H23N5OS/c24-17(12-15-4-2-1-3-5-15)13-26-22-20-18-8-11-29-14-19(18)30-23(20)28-21(27-22)16-6-9-25-10-7-16/h1-7,9-10,17H,8,11-14,24H2,(H,26,27,28). The van der Waals surface area contributed by atoms with Crippen LogP contribution in [0.4, 0.5) is 5.82 Å². The molecule has 1 aromatic carbocycles. The summed E-state index contributed by atoms with van der Waals surface area (Å²) in [4.78, 5) is 16.1. The van der Waals surface area contributed by atoms with Crippen molar-refractivity contribution < 1.29 is 4.74 Å². The molecule has 4 aromatic rings. The van der Waals surface area contributed by atoms with Crippen LogP contribution in [0.3, 0.4) is 0 Å². The molecule has 6 nitrogen and oxygen atoms in total. The summed E-state index contributed by atoms with van der Waals surface area (Å²) in [6, 6.07) is 14.2. The van der Waals surface area contributed by atoms with Crippen LogP contribution < -0.4 is 11.1 Å². The number of rotatable bonds is 6. The molecule has 3 aromatic heterocycles. The van der Waals surface area contributed by atoms with Gasteiger partial charge in [0.05, 0.1) is 18.6 Å². The molecule has 1 unspecified atom stereocenters. The fourth-order valence-corrected chi connectivity index (χ4v) is 4.96. The van der Waals surface area contributed by atoms with Crippen LogP contribution in [0.25, 0.3) is 21.6 Å². The molecule has 1 atom stereocenters. The van der Waals surface area contributed by atoms with Crippen molar-refractivity contribution in [1.29, 1.82) is 0 Å². The third-order valence-corrected chi connectivity index (χ3v) is 6.37. The van der Waals surface area contributed by atoms with E-state index in [0.717, 1.165) is 41.0 Å². The molecule has 30 heavy (non-hydrogen) atoms. The number of fused-ring (bicyclic) bond motifs is 3. The lowest BCUT2D eigenvalue weighted by Crippen LogP contribution is -2.31. The summed E-state index contributed by atoms with van der Waals surface area (Å²) in [6.45, 7) is 2.02. The number of benzene rings is 1. The van der Waals surface area contributed by atoms with Gasteiger partial charge in [-0.1, -0.05) is 30.3 Å². The third kappa shape index (κ3) is 3.92. The summed E-state index contributed by atoms with van der Waals surface area (Å²) in [6.07, 6.45) is 5.23.